The average Bonchev–Trinajstić information content (AvgIpc) is 1.92. The summed E-state index contributed by atoms with van der Waals surface area (Å²) >= 11 is 2.01. The van der Waals surface area contributed by atoms with Crippen molar-refractivity contribution in [2.24, 2.45) is 5.92 Å². The summed E-state index contributed by atoms with van der Waals surface area (Å²) in [4.78, 5) is 0. The summed E-state index contributed by atoms with van der Waals surface area (Å²) in [6, 6.07) is 0. The second kappa shape index (κ2) is 5.84. The van der Waals surface area contributed by atoms with E-state index in [4.69, 9.17) is 4.74 Å². The average molecular weight is 189 g/mol. The van der Waals surface area contributed by atoms with Crippen LogP contribution in [-0.2, 0) is 4.74 Å². The molecule has 0 bridgehead atoms. The third-order valence-electron chi connectivity index (χ3n) is 1.90. The molecule has 0 spiro atoms. The van der Waals surface area contributed by atoms with Crippen molar-refractivity contribution < 1.29 is 4.74 Å². The lowest BCUT2D eigenvalue weighted by Crippen LogP contribution is -2.43. The minimum absolute atomic E-state index is 0.385. The first-order valence-electron chi connectivity index (χ1n) is 4.69. The second-order valence-corrected chi connectivity index (χ2v) is 4.67. The van der Waals surface area contributed by atoms with Gasteiger partial charge in [-0.1, -0.05) is 0 Å². The first-order chi connectivity index (χ1) is 5.79. The SMILES string of the molecule is CC(C)OCCSCC1CNC1. The molecule has 0 atom stereocenters. The Hall–Kier alpha value is 0.270. The number of hydrogen-bond donors (Lipinski definition) is 1. The fraction of sp³-hybridized carbons (Fsp3) is 1.00. The summed E-state index contributed by atoms with van der Waals surface area (Å²) in [7, 11) is 0. The Kier molecular flexibility index (Phi) is 5.04. The van der Waals surface area contributed by atoms with Crippen molar-refractivity contribution >= 4 is 11.8 Å². The van der Waals surface area contributed by atoms with Crippen molar-refractivity contribution in [3.63, 3.8) is 0 Å². The number of hydrogen-bond acceptors (Lipinski definition) is 3. The lowest BCUT2D eigenvalue weighted by atomic mass is 10.1. The van der Waals surface area contributed by atoms with Gasteiger partial charge in [0.15, 0.2) is 0 Å². The van der Waals surface area contributed by atoms with Crippen LogP contribution in [0.25, 0.3) is 0 Å². The zero-order valence-corrected chi connectivity index (χ0v) is 8.82. The summed E-state index contributed by atoms with van der Waals surface area (Å²) in [5.74, 6) is 3.37. The molecule has 0 amide bonds. The molecule has 3 heteroatoms. The molecule has 1 fully saturated rings. The molecule has 0 aromatic heterocycles. The van der Waals surface area contributed by atoms with E-state index in [1.54, 1.807) is 0 Å². The Morgan fingerprint density at radius 3 is 2.75 bits per heavy atom. The Bertz CT molecular complexity index is 115. The van der Waals surface area contributed by atoms with Crippen LogP contribution in [0.15, 0.2) is 0 Å². The predicted molar refractivity (Wildman–Crippen MR) is 54.8 cm³/mol. The second-order valence-electron chi connectivity index (χ2n) is 3.52. The lowest BCUT2D eigenvalue weighted by molar-refractivity contribution is 0.0920. The summed E-state index contributed by atoms with van der Waals surface area (Å²) in [5, 5.41) is 3.28. The van der Waals surface area contributed by atoms with Gasteiger partial charge in [0.1, 0.15) is 0 Å². The van der Waals surface area contributed by atoms with E-state index in [2.05, 4.69) is 19.2 Å². The molecule has 72 valence electrons. The molecule has 0 unspecified atom stereocenters. The minimum atomic E-state index is 0.385. The van der Waals surface area contributed by atoms with Gasteiger partial charge in [-0.05, 0) is 38.6 Å². The first kappa shape index (κ1) is 10.4. The van der Waals surface area contributed by atoms with Crippen molar-refractivity contribution in [3.05, 3.63) is 0 Å². The van der Waals surface area contributed by atoms with Crippen LogP contribution in [0.4, 0.5) is 0 Å². The Labute approximate surface area is 79.4 Å². The molecule has 1 aliphatic heterocycles. The lowest BCUT2D eigenvalue weighted by Gasteiger charge is -2.26. The molecule has 1 N–H and O–H groups in total. The maximum atomic E-state index is 5.44. The van der Waals surface area contributed by atoms with Gasteiger partial charge in [0, 0.05) is 5.75 Å². The van der Waals surface area contributed by atoms with Crippen LogP contribution in [0.5, 0.6) is 0 Å². The monoisotopic (exact) mass is 189 g/mol. The van der Waals surface area contributed by atoms with Gasteiger partial charge in [0.25, 0.3) is 0 Å². The van der Waals surface area contributed by atoms with E-state index in [0.29, 0.717) is 6.10 Å². The zero-order chi connectivity index (χ0) is 8.81. The molecule has 0 radical (unpaired) electrons. The fourth-order valence-electron chi connectivity index (χ4n) is 1.06. The summed E-state index contributed by atoms with van der Waals surface area (Å²) in [5.41, 5.74) is 0. The van der Waals surface area contributed by atoms with Crippen molar-refractivity contribution in [1.29, 1.82) is 0 Å². The number of rotatable bonds is 6. The van der Waals surface area contributed by atoms with Crippen molar-refractivity contribution in [1.82, 2.24) is 5.32 Å². The molecule has 1 heterocycles. The standard InChI is InChI=1S/C9H19NOS/c1-8(2)11-3-4-12-7-9-5-10-6-9/h8-10H,3-7H2,1-2H3. The number of nitrogens with one attached hydrogen (secondary N) is 1. The third kappa shape index (κ3) is 4.33. The van der Waals surface area contributed by atoms with Crippen LogP contribution in [0.2, 0.25) is 0 Å². The molecular weight excluding hydrogens is 170 g/mol. The van der Waals surface area contributed by atoms with Gasteiger partial charge in [0.05, 0.1) is 12.7 Å². The molecule has 12 heavy (non-hydrogen) atoms. The summed E-state index contributed by atoms with van der Waals surface area (Å²) in [6.45, 7) is 7.51. The van der Waals surface area contributed by atoms with Gasteiger partial charge >= 0.3 is 0 Å². The molecule has 2 nitrogen and oxygen atoms in total. The highest BCUT2D eigenvalue weighted by Gasteiger charge is 2.15. The maximum Gasteiger partial charge on any atom is 0.0560 e. The maximum absolute atomic E-state index is 5.44. The van der Waals surface area contributed by atoms with Crippen LogP contribution in [0, 0.1) is 5.92 Å². The van der Waals surface area contributed by atoms with Crippen molar-refractivity contribution in [3.8, 4) is 0 Å². The van der Waals surface area contributed by atoms with Crippen molar-refractivity contribution in [2.75, 3.05) is 31.2 Å². The van der Waals surface area contributed by atoms with Gasteiger partial charge < -0.3 is 10.1 Å². The van der Waals surface area contributed by atoms with Crippen LogP contribution in [0.3, 0.4) is 0 Å². The Balaban J connectivity index is 1.76. The number of ether oxygens (including phenoxy) is 1. The summed E-state index contributed by atoms with van der Waals surface area (Å²) < 4.78 is 5.44. The molecular formula is C9H19NOS. The minimum Gasteiger partial charge on any atom is -0.378 e. The highest BCUT2D eigenvalue weighted by molar-refractivity contribution is 7.99. The normalized spacial score (nSPS) is 18.2. The van der Waals surface area contributed by atoms with Crippen LogP contribution in [0.1, 0.15) is 13.8 Å². The molecule has 1 saturated heterocycles. The highest BCUT2D eigenvalue weighted by atomic mass is 32.2. The van der Waals surface area contributed by atoms with E-state index in [9.17, 15) is 0 Å². The Morgan fingerprint density at radius 2 is 2.25 bits per heavy atom. The van der Waals surface area contributed by atoms with Gasteiger partial charge in [0.2, 0.25) is 0 Å². The van der Waals surface area contributed by atoms with Crippen LogP contribution < -0.4 is 5.32 Å². The molecule has 0 aromatic carbocycles. The smallest absolute Gasteiger partial charge is 0.0560 e. The van der Waals surface area contributed by atoms with E-state index in [0.717, 1.165) is 18.3 Å². The predicted octanol–water partition coefficient (Wildman–Crippen LogP) is 1.36. The highest BCUT2D eigenvalue weighted by Crippen LogP contribution is 2.11. The Morgan fingerprint density at radius 1 is 1.50 bits per heavy atom. The van der Waals surface area contributed by atoms with E-state index in [-0.39, 0.29) is 0 Å². The zero-order valence-electron chi connectivity index (χ0n) is 8.01. The first-order valence-corrected chi connectivity index (χ1v) is 5.84. The summed E-state index contributed by atoms with van der Waals surface area (Å²) in [6.07, 6.45) is 0.385. The van der Waals surface area contributed by atoms with Crippen molar-refractivity contribution in [2.45, 2.75) is 20.0 Å². The molecule has 1 rings (SSSR count). The van der Waals surface area contributed by atoms with Crippen LogP contribution >= 0.6 is 11.8 Å². The largest absolute Gasteiger partial charge is 0.378 e. The van der Waals surface area contributed by atoms with Gasteiger partial charge in [-0.2, -0.15) is 11.8 Å². The quantitative estimate of drug-likeness (QED) is 0.638. The third-order valence-corrected chi connectivity index (χ3v) is 3.06. The molecule has 0 saturated carbocycles. The van der Waals surface area contributed by atoms with Crippen LogP contribution in [-0.4, -0.2) is 37.3 Å². The van der Waals surface area contributed by atoms with Gasteiger partial charge in [-0.3, -0.25) is 0 Å². The van der Waals surface area contributed by atoms with E-state index >= 15 is 0 Å². The van der Waals surface area contributed by atoms with E-state index in [1.165, 1.54) is 18.8 Å². The fourth-order valence-corrected chi connectivity index (χ4v) is 2.01. The molecule has 0 aliphatic carbocycles. The van der Waals surface area contributed by atoms with Gasteiger partial charge in [-0.15, -0.1) is 0 Å². The number of thioether (sulfide) groups is 1. The molecule has 1 aliphatic rings. The van der Waals surface area contributed by atoms with E-state index < -0.39 is 0 Å². The topological polar surface area (TPSA) is 21.3 Å². The molecule has 0 aromatic rings. The van der Waals surface area contributed by atoms with E-state index in [1.807, 2.05) is 11.8 Å². The van der Waals surface area contributed by atoms with Gasteiger partial charge in [-0.25, -0.2) is 0 Å².